The van der Waals surface area contributed by atoms with Crippen LogP contribution >= 0.6 is 0 Å². The van der Waals surface area contributed by atoms with Gasteiger partial charge in [-0.2, -0.15) is 0 Å². The second-order valence-electron chi connectivity index (χ2n) is 8.48. The maximum atomic E-state index is 13.1. The highest BCUT2D eigenvalue weighted by Gasteiger charge is 2.32. The molecule has 0 saturated carbocycles. The van der Waals surface area contributed by atoms with Crippen LogP contribution in [0.15, 0.2) is 36.8 Å². The number of benzene rings is 1. The number of hydrogen-bond acceptors (Lipinski definition) is 9. The minimum Gasteiger partial charge on any atom is -0.508 e. The van der Waals surface area contributed by atoms with E-state index < -0.39 is 72.6 Å². The van der Waals surface area contributed by atoms with Crippen LogP contribution in [0.25, 0.3) is 0 Å². The van der Waals surface area contributed by atoms with Crippen LogP contribution in [-0.4, -0.2) is 90.2 Å². The van der Waals surface area contributed by atoms with E-state index in [4.69, 9.17) is 10.8 Å². The van der Waals surface area contributed by atoms with Gasteiger partial charge in [-0.3, -0.25) is 24.0 Å². The number of carboxylic acids is 3. The van der Waals surface area contributed by atoms with Crippen LogP contribution in [0.4, 0.5) is 0 Å². The van der Waals surface area contributed by atoms with Crippen molar-refractivity contribution in [2.75, 3.05) is 0 Å². The molecule has 0 fully saturated rings. The zero-order valence-electron chi connectivity index (χ0n) is 20.4. The Morgan fingerprint density at radius 3 is 1.90 bits per heavy atom. The number of aromatic nitrogens is 2. The van der Waals surface area contributed by atoms with E-state index in [1.807, 2.05) is 0 Å². The highest BCUT2D eigenvalue weighted by molar-refractivity contribution is 5.96. The van der Waals surface area contributed by atoms with Crippen LogP contribution < -0.4 is 21.7 Å². The Morgan fingerprint density at radius 2 is 1.36 bits per heavy atom. The fourth-order valence-corrected chi connectivity index (χ4v) is 3.38. The van der Waals surface area contributed by atoms with Gasteiger partial charge in [-0.1, -0.05) is 12.1 Å². The number of carbonyl (C=O) groups is 6. The number of carboxylic acid groups (broad SMARTS) is 3. The van der Waals surface area contributed by atoms with Gasteiger partial charge in [-0.25, -0.2) is 9.78 Å². The lowest BCUT2D eigenvalue weighted by Gasteiger charge is -2.24. The highest BCUT2D eigenvalue weighted by atomic mass is 16.4. The topological polar surface area (TPSA) is 274 Å². The van der Waals surface area contributed by atoms with Crippen molar-refractivity contribution in [3.05, 3.63) is 48.0 Å². The van der Waals surface area contributed by atoms with E-state index in [2.05, 4.69) is 25.9 Å². The molecule has 2 rings (SSSR count). The average molecular weight is 549 g/mol. The molecule has 0 aliphatic rings. The number of carbonyl (C=O) groups excluding carboxylic acids is 3. The summed E-state index contributed by atoms with van der Waals surface area (Å²) in [6.07, 6.45) is 0.602. The Morgan fingerprint density at radius 1 is 0.795 bits per heavy atom. The van der Waals surface area contributed by atoms with E-state index in [9.17, 15) is 44.1 Å². The molecule has 2 aromatic rings. The van der Waals surface area contributed by atoms with E-state index in [0.29, 0.717) is 11.3 Å². The molecule has 0 saturated heterocycles. The normalized spacial score (nSPS) is 13.8. The van der Waals surface area contributed by atoms with Crippen LogP contribution in [0.2, 0.25) is 0 Å². The summed E-state index contributed by atoms with van der Waals surface area (Å²) in [5.74, 6) is -7.51. The summed E-state index contributed by atoms with van der Waals surface area (Å²) >= 11 is 0. The Bertz CT molecular complexity index is 1180. The Balaban J connectivity index is 2.26. The molecule has 0 aliphatic heterocycles. The van der Waals surface area contributed by atoms with Gasteiger partial charge in [0.05, 0.1) is 25.2 Å². The molecule has 0 bridgehead atoms. The molecule has 1 aromatic carbocycles. The lowest BCUT2D eigenvalue weighted by Crippen LogP contribution is -2.58. The molecule has 1 heterocycles. The number of H-pyrrole nitrogens is 1. The van der Waals surface area contributed by atoms with Crippen molar-refractivity contribution in [3.63, 3.8) is 0 Å². The molecular weight excluding hydrogens is 520 g/mol. The first-order chi connectivity index (χ1) is 18.3. The van der Waals surface area contributed by atoms with Crippen molar-refractivity contribution in [2.24, 2.45) is 5.73 Å². The zero-order chi connectivity index (χ0) is 29.1. The number of phenolic OH excluding ortho intramolecular Hbond substituents is 1. The van der Waals surface area contributed by atoms with Gasteiger partial charge >= 0.3 is 17.9 Å². The van der Waals surface area contributed by atoms with Gasteiger partial charge < -0.3 is 47.1 Å². The van der Waals surface area contributed by atoms with Gasteiger partial charge in [0.2, 0.25) is 17.7 Å². The number of nitrogens with two attached hydrogens (primary N) is 1. The van der Waals surface area contributed by atoms with Gasteiger partial charge in [0.15, 0.2) is 0 Å². The fraction of sp³-hybridized carbons (Fsp3) is 0.348. The van der Waals surface area contributed by atoms with Crippen molar-refractivity contribution in [1.82, 2.24) is 25.9 Å². The number of amides is 3. The third kappa shape index (κ3) is 10.1. The average Bonchev–Trinajstić information content (AvgIpc) is 3.36. The summed E-state index contributed by atoms with van der Waals surface area (Å²) in [6, 6.07) is -0.673. The standard InChI is InChI=1S/C23H28N6O10/c24-14(7-18(31)32)20(35)27-16(8-19(33)34)22(37)28-15(5-11-1-3-13(30)4-2-11)21(36)29-17(23(38)39)6-12-9-25-10-26-12/h1-4,9-10,14-17,30H,5-8,24H2,(H,25,26)(H,27,35)(H,28,37)(H,29,36)(H,31,32)(H,33,34)(H,38,39). The van der Waals surface area contributed by atoms with Crippen molar-refractivity contribution in [1.29, 1.82) is 0 Å². The van der Waals surface area contributed by atoms with Crippen molar-refractivity contribution < 1.29 is 49.2 Å². The maximum Gasteiger partial charge on any atom is 0.326 e. The molecular formula is C23H28N6O10. The number of rotatable bonds is 15. The number of aromatic hydroxyl groups is 1. The first-order valence-corrected chi connectivity index (χ1v) is 11.4. The van der Waals surface area contributed by atoms with Gasteiger partial charge in [0.25, 0.3) is 0 Å². The number of hydrogen-bond donors (Lipinski definition) is 9. The smallest absolute Gasteiger partial charge is 0.326 e. The van der Waals surface area contributed by atoms with E-state index >= 15 is 0 Å². The molecule has 0 radical (unpaired) electrons. The van der Waals surface area contributed by atoms with Crippen LogP contribution in [0.1, 0.15) is 24.1 Å². The summed E-state index contributed by atoms with van der Waals surface area (Å²) in [6.45, 7) is 0. The summed E-state index contributed by atoms with van der Waals surface area (Å²) in [5, 5.41) is 43.8. The lowest BCUT2D eigenvalue weighted by atomic mass is 10.0. The SMILES string of the molecule is NC(CC(=O)O)C(=O)NC(CC(=O)O)C(=O)NC(Cc1ccc(O)cc1)C(=O)NC(Cc1cnc[nH]1)C(=O)O. The van der Waals surface area contributed by atoms with Crippen LogP contribution in [0, 0.1) is 0 Å². The van der Waals surface area contributed by atoms with E-state index in [-0.39, 0.29) is 18.6 Å². The van der Waals surface area contributed by atoms with Gasteiger partial charge in [0.1, 0.15) is 23.9 Å². The van der Waals surface area contributed by atoms with Gasteiger partial charge in [-0.15, -0.1) is 0 Å². The number of nitrogens with one attached hydrogen (secondary N) is 4. The Hall–Kier alpha value is -4.99. The largest absolute Gasteiger partial charge is 0.508 e. The molecule has 4 unspecified atom stereocenters. The van der Waals surface area contributed by atoms with Crippen molar-refractivity contribution >= 4 is 35.6 Å². The van der Waals surface area contributed by atoms with Crippen LogP contribution in [-0.2, 0) is 41.6 Å². The number of aromatic amines is 1. The Kier molecular flexibility index (Phi) is 10.9. The van der Waals surface area contributed by atoms with E-state index in [1.165, 1.54) is 36.8 Å². The maximum absolute atomic E-state index is 13.1. The number of nitrogens with zero attached hydrogens (tertiary/aromatic N) is 1. The third-order valence-corrected chi connectivity index (χ3v) is 5.35. The molecule has 10 N–H and O–H groups in total. The first-order valence-electron chi connectivity index (χ1n) is 11.4. The van der Waals surface area contributed by atoms with Crippen molar-refractivity contribution in [3.8, 4) is 5.75 Å². The minimum absolute atomic E-state index is 0.0729. The van der Waals surface area contributed by atoms with E-state index in [1.54, 1.807) is 0 Å². The predicted octanol–water partition coefficient (Wildman–Crippen LogP) is -2.28. The number of imidazole rings is 1. The summed E-state index contributed by atoms with van der Waals surface area (Å²) in [7, 11) is 0. The molecule has 16 heteroatoms. The lowest BCUT2D eigenvalue weighted by molar-refractivity contribution is -0.143. The van der Waals surface area contributed by atoms with Crippen molar-refractivity contribution in [2.45, 2.75) is 49.9 Å². The predicted molar refractivity (Wildman–Crippen MR) is 130 cm³/mol. The second kappa shape index (κ2) is 14.1. The minimum atomic E-state index is -1.75. The first kappa shape index (κ1) is 30.2. The molecule has 39 heavy (non-hydrogen) atoms. The highest BCUT2D eigenvalue weighted by Crippen LogP contribution is 2.12. The number of aliphatic carboxylic acids is 3. The number of phenols is 1. The summed E-state index contributed by atoms with van der Waals surface area (Å²) < 4.78 is 0. The summed E-state index contributed by atoms with van der Waals surface area (Å²) in [4.78, 5) is 78.8. The van der Waals surface area contributed by atoms with E-state index in [0.717, 1.165) is 0 Å². The molecule has 16 nitrogen and oxygen atoms in total. The zero-order valence-corrected chi connectivity index (χ0v) is 20.4. The molecule has 3 amide bonds. The third-order valence-electron chi connectivity index (χ3n) is 5.35. The summed E-state index contributed by atoms with van der Waals surface area (Å²) in [5.41, 5.74) is 6.33. The molecule has 210 valence electrons. The van der Waals surface area contributed by atoms with Gasteiger partial charge in [0, 0.05) is 24.7 Å². The molecule has 0 spiro atoms. The monoisotopic (exact) mass is 548 g/mol. The van der Waals surface area contributed by atoms with Crippen LogP contribution in [0.5, 0.6) is 5.75 Å². The molecule has 0 aliphatic carbocycles. The molecule has 1 aromatic heterocycles. The fourth-order valence-electron chi connectivity index (χ4n) is 3.38. The quantitative estimate of drug-likeness (QED) is 0.114. The van der Waals surface area contributed by atoms with Crippen LogP contribution in [0.3, 0.4) is 0 Å². The Labute approximate surface area is 220 Å². The second-order valence-corrected chi connectivity index (χ2v) is 8.48. The molecule has 4 atom stereocenters. The van der Waals surface area contributed by atoms with Gasteiger partial charge in [-0.05, 0) is 17.7 Å².